The Morgan fingerprint density at radius 3 is 1.80 bits per heavy atom. The minimum absolute atomic E-state index is 0.305. The molecule has 0 N–H and O–H groups in total. The lowest BCUT2D eigenvalue weighted by molar-refractivity contribution is 0.0625. The summed E-state index contributed by atoms with van der Waals surface area (Å²) in [4.78, 5) is 0. The van der Waals surface area contributed by atoms with E-state index in [0.717, 1.165) is 0 Å². The molecule has 10 heavy (non-hydrogen) atoms. The molecule has 0 aromatic carbocycles. The molecule has 0 fully saturated rings. The molecule has 0 radical (unpaired) electrons. The zero-order valence-electron chi connectivity index (χ0n) is 6.01. The molecule has 0 aliphatic heterocycles. The van der Waals surface area contributed by atoms with E-state index < -0.39 is 0 Å². The van der Waals surface area contributed by atoms with E-state index in [-0.39, 0.29) is 0 Å². The first-order valence-corrected chi connectivity index (χ1v) is 2.97. The third kappa shape index (κ3) is 4.97. The third-order valence-corrected chi connectivity index (χ3v) is 0.724. The predicted octanol–water partition coefficient (Wildman–Crippen LogP) is 1.86. The van der Waals surface area contributed by atoms with E-state index in [9.17, 15) is 0 Å². The molecule has 0 aromatic rings. The van der Waals surface area contributed by atoms with Crippen LogP contribution in [0.3, 0.4) is 0 Å². The van der Waals surface area contributed by atoms with Gasteiger partial charge >= 0.3 is 0 Å². The van der Waals surface area contributed by atoms with Crippen LogP contribution in [0.5, 0.6) is 0 Å². The summed E-state index contributed by atoms with van der Waals surface area (Å²) in [5.74, 6) is 0.305. The molecule has 0 heterocycles. The highest BCUT2D eigenvalue weighted by Gasteiger charge is 1.88. The van der Waals surface area contributed by atoms with Crippen LogP contribution in [0.1, 0.15) is 0 Å². The Balaban J connectivity index is 3.24. The monoisotopic (exact) mass is 140 g/mol. The van der Waals surface area contributed by atoms with Gasteiger partial charge in [0.25, 0.3) is 5.95 Å². The molecule has 56 valence electrons. The average Bonchev–Trinajstić information content (AvgIpc) is 1.97. The highest BCUT2D eigenvalue weighted by Crippen LogP contribution is 1.94. The standard InChI is InChI=1S/C8H12O2/c1-4-6-9-8(3)10-7-5-2/h4-5H,1-3,6-7H2. The van der Waals surface area contributed by atoms with Gasteiger partial charge in [0.1, 0.15) is 13.2 Å². The molecular formula is C8H12O2. The van der Waals surface area contributed by atoms with Crippen LogP contribution >= 0.6 is 0 Å². The second-order valence-electron chi connectivity index (χ2n) is 1.57. The molecule has 0 unspecified atom stereocenters. The van der Waals surface area contributed by atoms with Gasteiger partial charge in [-0.15, -0.1) is 0 Å². The van der Waals surface area contributed by atoms with Crippen molar-refractivity contribution in [2.24, 2.45) is 0 Å². The number of rotatable bonds is 6. The van der Waals surface area contributed by atoms with E-state index in [0.29, 0.717) is 19.2 Å². The van der Waals surface area contributed by atoms with Crippen molar-refractivity contribution in [3.05, 3.63) is 37.8 Å². The Hall–Kier alpha value is -1.18. The maximum absolute atomic E-state index is 4.91. The van der Waals surface area contributed by atoms with Crippen LogP contribution in [0.25, 0.3) is 0 Å². The molecule has 0 bridgehead atoms. The minimum atomic E-state index is 0.305. The Morgan fingerprint density at radius 2 is 1.50 bits per heavy atom. The van der Waals surface area contributed by atoms with Crippen molar-refractivity contribution >= 4 is 0 Å². The molecule has 0 rings (SSSR count). The first kappa shape index (κ1) is 8.82. The summed E-state index contributed by atoms with van der Waals surface area (Å²) < 4.78 is 9.82. The van der Waals surface area contributed by atoms with E-state index in [4.69, 9.17) is 9.47 Å². The van der Waals surface area contributed by atoms with Crippen LogP contribution in [0, 0.1) is 0 Å². The summed E-state index contributed by atoms with van der Waals surface area (Å²) in [6.07, 6.45) is 3.25. The van der Waals surface area contributed by atoms with Gasteiger partial charge in [-0.25, -0.2) is 0 Å². The van der Waals surface area contributed by atoms with Gasteiger partial charge in [-0.05, 0) is 6.58 Å². The maximum atomic E-state index is 4.91. The fourth-order valence-electron chi connectivity index (χ4n) is 0.345. The zero-order chi connectivity index (χ0) is 7.82. The first-order chi connectivity index (χ1) is 4.81. The van der Waals surface area contributed by atoms with Crippen LogP contribution in [0.2, 0.25) is 0 Å². The molecule has 0 amide bonds. The van der Waals surface area contributed by atoms with Crippen molar-refractivity contribution < 1.29 is 9.47 Å². The molecule has 0 saturated heterocycles. The van der Waals surface area contributed by atoms with Gasteiger partial charge in [-0.3, -0.25) is 0 Å². The van der Waals surface area contributed by atoms with Crippen LogP contribution in [-0.2, 0) is 9.47 Å². The lowest BCUT2D eigenvalue weighted by Crippen LogP contribution is -1.95. The molecule has 0 aromatic heterocycles. The number of hydrogen-bond donors (Lipinski definition) is 0. The fourth-order valence-corrected chi connectivity index (χ4v) is 0.345. The van der Waals surface area contributed by atoms with E-state index >= 15 is 0 Å². The minimum Gasteiger partial charge on any atom is -0.462 e. The van der Waals surface area contributed by atoms with Crippen molar-refractivity contribution in [2.75, 3.05) is 13.2 Å². The van der Waals surface area contributed by atoms with E-state index in [1.165, 1.54) is 0 Å². The van der Waals surface area contributed by atoms with Gasteiger partial charge in [0.05, 0.1) is 0 Å². The predicted molar refractivity (Wildman–Crippen MR) is 41.4 cm³/mol. The normalized spacial score (nSPS) is 8.00. The molecule has 0 aliphatic carbocycles. The Labute approximate surface area is 61.5 Å². The SMILES string of the molecule is C=CCOC(=C)OCC=C. The molecule has 2 heteroatoms. The highest BCUT2D eigenvalue weighted by molar-refractivity contribution is 4.76. The van der Waals surface area contributed by atoms with Crippen molar-refractivity contribution in [3.8, 4) is 0 Å². The van der Waals surface area contributed by atoms with Crippen LogP contribution < -0.4 is 0 Å². The fraction of sp³-hybridized carbons (Fsp3) is 0.250. The summed E-state index contributed by atoms with van der Waals surface area (Å²) in [6.45, 7) is 11.3. The largest absolute Gasteiger partial charge is 0.462 e. The molecule has 0 saturated carbocycles. The smallest absolute Gasteiger partial charge is 0.272 e. The maximum Gasteiger partial charge on any atom is 0.272 e. The molecular weight excluding hydrogens is 128 g/mol. The highest BCUT2D eigenvalue weighted by atomic mass is 16.7. The zero-order valence-corrected chi connectivity index (χ0v) is 6.01. The topological polar surface area (TPSA) is 18.5 Å². The molecule has 0 spiro atoms. The lowest BCUT2D eigenvalue weighted by atomic mass is 10.7. The molecule has 2 nitrogen and oxygen atoms in total. The van der Waals surface area contributed by atoms with Gasteiger partial charge in [0.2, 0.25) is 0 Å². The Kier molecular flexibility index (Phi) is 5.25. The second-order valence-corrected chi connectivity index (χ2v) is 1.57. The van der Waals surface area contributed by atoms with Gasteiger partial charge < -0.3 is 9.47 Å². The number of ether oxygens (including phenoxy) is 2. The second kappa shape index (κ2) is 5.95. The van der Waals surface area contributed by atoms with Crippen molar-refractivity contribution in [1.29, 1.82) is 0 Å². The van der Waals surface area contributed by atoms with Crippen molar-refractivity contribution in [3.63, 3.8) is 0 Å². The van der Waals surface area contributed by atoms with E-state index in [2.05, 4.69) is 19.7 Å². The van der Waals surface area contributed by atoms with Gasteiger partial charge in [0.15, 0.2) is 0 Å². The van der Waals surface area contributed by atoms with Crippen LogP contribution in [-0.4, -0.2) is 13.2 Å². The molecule has 0 aliphatic rings. The van der Waals surface area contributed by atoms with Crippen molar-refractivity contribution in [2.45, 2.75) is 0 Å². The van der Waals surface area contributed by atoms with Crippen LogP contribution in [0.4, 0.5) is 0 Å². The van der Waals surface area contributed by atoms with Crippen molar-refractivity contribution in [1.82, 2.24) is 0 Å². The first-order valence-electron chi connectivity index (χ1n) is 2.97. The van der Waals surface area contributed by atoms with Gasteiger partial charge in [-0.1, -0.05) is 25.3 Å². The van der Waals surface area contributed by atoms with E-state index in [1.54, 1.807) is 12.2 Å². The van der Waals surface area contributed by atoms with Gasteiger partial charge in [-0.2, -0.15) is 0 Å². The lowest BCUT2D eigenvalue weighted by Gasteiger charge is -2.05. The number of hydrogen-bond acceptors (Lipinski definition) is 2. The summed E-state index contributed by atoms with van der Waals surface area (Å²) in [6, 6.07) is 0. The van der Waals surface area contributed by atoms with E-state index in [1.807, 2.05) is 0 Å². The molecule has 0 atom stereocenters. The average molecular weight is 140 g/mol. The Bertz CT molecular complexity index is 113. The Morgan fingerprint density at radius 1 is 1.10 bits per heavy atom. The van der Waals surface area contributed by atoms with Gasteiger partial charge in [0, 0.05) is 0 Å². The summed E-state index contributed by atoms with van der Waals surface area (Å²) in [7, 11) is 0. The van der Waals surface area contributed by atoms with Crippen LogP contribution in [0.15, 0.2) is 37.8 Å². The third-order valence-electron chi connectivity index (χ3n) is 0.724. The summed E-state index contributed by atoms with van der Waals surface area (Å²) in [5, 5.41) is 0. The summed E-state index contributed by atoms with van der Waals surface area (Å²) >= 11 is 0. The summed E-state index contributed by atoms with van der Waals surface area (Å²) in [5.41, 5.74) is 0. The quantitative estimate of drug-likeness (QED) is 0.414.